The van der Waals surface area contributed by atoms with Gasteiger partial charge in [-0.2, -0.15) is 0 Å². The van der Waals surface area contributed by atoms with Crippen LogP contribution in [0.5, 0.6) is 0 Å². The number of carbonyl (C=O) groups excluding carboxylic acids is 1. The number of hydrogen-bond acceptors (Lipinski definition) is 3. The lowest BCUT2D eigenvalue weighted by atomic mass is 9.91. The fourth-order valence-electron chi connectivity index (χ4n) is 2.12. The lowest BCUT2D eigenvalue weighted by Crippen LogP contribution is -2.49. The van der Waals surface area contributed by atoms with Gasteiger partial charge in [-0.25, -0.2) is 13.6 Å². The summed E-state index contributed by atoms with van der Waals surface area (Å²) >= 11 is 0. The Bertz CT molecular complexity index is 503. The van der Waals surface area contributed by atoms with Crippen molar-refractivity contribution < 1.29 is 18.3 Å². The smallest absolute Gasteiger partial charge is 0.330 e. The van der Waals surface area contributed by atoms with Gasteiger partial charge in [-0.1, -0.05) is 6.07 Å². The largest absolute Gasteiger partial charge is 0.464 e. The molecule has 110 valence electrons. The second kappa shape index (κ2) is 5.87. The summed E-state index contributed by atoms with van der Waals surface area (Å²) in [4.78, 5) is 12.2. The van der Waals surface area contributed by atoms with E-state index in [4.69, 9.17) is 4.74 Å². The van der Waals surface area contributed by atoms with E-state index >= 15 is 0 Å². The van der Waals surface area contributed by atoms with Gasteiger partial charge in [0, 0.05) is 11.6 Å². The van der Waals surface area contributed by atoms with Crippen LogP contribution >= 0.6 is 0 Å². The van der Waals surface area contributed by atoms with E-state index < -0.39 is 23.1 Å². The van der Waals surface area contributed by atoms with Crippen LogP contribution in [-0.2, 0) is 15.1 Å². The third-order valence-corrected chi connectivity index (χ3v) is 3.59. The van der Waals surface area contributed by atoms with Gasteiger partial charge in [0.25, 0.3) is 0 Å². The van der Waals surface area contributed by atoms with Crippen molar-refractivity contribution in [3.05, 3.63) is 35.4 Å². The zero-order chi connectivity index (χ0) is 14.8. The fourth-order valence-corrected chi connectivity index (χ4v) is 2.12. The number of esters is 1. The molecule has 1 fully saturated rings. The standard InChI is InChI=1S/C15H19F2NO2/c1-3-20-14(19)15(2,18-9-10-4-5-10)12-7-6-11(16)8-13(12)17/h6-8,10,18H,3-5,9H2,1-2H3. The van der Waals surface area contributed by atoms with Crippen LogP contribution in [0.1, 0.15) is 32.3 Å². The van der Waals surface area contributed by atoms with Crippen LogP contribution in [0.2, 0.25) is 0 Å². The number of carbonyl (C=O) groups is 1. The maximum atomic E-state index is 14.0. The van der Waals surface area contributed by atoms with Crippen LogP contribution in [0, 0.1) is 17.6 Å². The number of ether oxygens (including phenoxy) is 1. The second-order valence-corrected chi connectivity index (χ2v) is 5.29. The Labute approximate surface area is 117 Å². The summed E-state index contributed by atoms with van der Waals surface area (Å²) in [6, 6.07) is 3.22. The number of benzene rings is 1. The first-order chi connectivity index (χ1) is 9.47. The van der Waals surface area contributed by atoms with E-state index in [-0.39, 0.29) is 12.2 Å². The predicted molar refractivity (Wildman–Crippen MR) is 71.1 cm³/mol. The number of hydrogen-bond donors (Lipinski definition) is 1. The van der Waals surface area contributed by atoms with E-state index in [0.29, 0.717) is 12.5 Å². The minimum atomic E-state index is -1.30. The Morgan fingerprint density at radius 3 is 2.70 bits per heavy atom. The third kappa shape index (κ3) is 3.15. The van der Waals surface area contributed by atoms with Gasteiger partial charge >= 0.3 is 5.97 Å². The molecule has 0 saturated heterocycles. The Hall–Kier alpha value is -1.49. The average Bonchev–Trinajstić information content (AvgIpc) is 3.20. The molecule has 1 unspecified atom stereocenters. The zero-order valence-electron chi connectivity index (χ0n) is 11.7. The molecule has 5 heteroatoms. The van der Waals surface area contributed by atoms with Crippen molar-refractivity contribution in [2.24, 2.45) is 5.92 Å². The molecule has 0 radical (unpaired) electrons. The summed E-state index contributed by atoms with van der Waals surface area (Å²) in [5.41, 5.74) is -1.19. The van der Waals surface area contributed by atoms with Gasteiger partial charge in [0.15, 0.2) is 0 Å². The normalized spacial score (nSPS) is 17.6. The van der Waals surface area contributed by atoms with E-state index in [1.807, 2.05) is 0 Å². The van der Waals surface area contributed by atoms with Crippen LogP contribution in [0.25, 0.3) is 0 Å². The van der Waals surface area contributed by atoms with E-state index in [0.717, 1.165) is 25.0 Å². The molecule has 3 nitrogen and oxygen atoms in total. The second-order valence-electron chi connectivity index (χ2n) is 5.29. The van der Waals surface area contributed by atoms with Crippen LogP contribution < -0.4 is 5.32 Å². The first-order valence-corrected chi connectivity index (χ1v) is 6.85. The summed E-state index contributed by atoms with van der Waals surface area (Å²) in [5.74, 6) is -1.44. The van der Waals surface area contributed by atoms with E-state index in [1.54, 1.807) is 13.8 Å². The van der Waals surface area contributed by atoms with E-state index in [9.17, 15) is 13.6 Å². The molecule has 1 atom stereocenters. The van der Waals surface area contributed by atoms with Crippen LogP contribution in [-0.4, -0.2) is 19.1 Å². The maximum Gasteiger partial charge on any atom is 0.330 e. The van der Waals surface area contributed by atoms with Gasteiger partial charge in [-0.15, -0.1) is 0 Å². The molecule has 1 N–H and O–H groups in total. The minimum absolute atomic E-state index is 0.109. The van der Waals surface area contributed by atoms with E-state index in [2.05, 4.69) is 5.32 Å². The molecule has 1 aliphatic carbocycles. The molecule has 20 heavy (non-hydrogen) atoms. The summed E-state index contributed by atoms with van der Waals surface area (Å²) < 4.78 is 32.1. The molecule has 0 aromatic heterocycles. The molecule has 1 aromatic rings. The quantitative estimate of drug-likeness (QED) is 0.816. The summed E-state index contributed by atoms with van der Waals surface area (Å²) in [6.45, 7) is 4.10. The Balaban J connectivity index is 2.29. The molecule has 0 aliphatic heterocycles. The molecule has 1 aromatic carbocycles. The van der Waals surface area contributed by atoms with Crippen LogP contribution in [0.15, 0.2) is 18.2 Å². The van der Waals surface area contributed by atoms with Crippen molar-refractivity contribution >= 4 is 5.97 Å². The molecule has 0 amide bonds. The molecule has 1 saturated carbocycles. The lowest BCUT2D eigenvalue weighted by molar-refractivity contribution is -0.151. The minimum Gasteiger partial charge on any atom is -0.464 e. The molecule has 0 bridgehead atoms. The highest BCUT2D eigenvalue weighted by Gasteiger charge is 2.40. The monoisotopic (exact) mass is 283 g/mol. The Morgan fingerprint density at radius 1 is 1.45 bits per heavy atom. The number of halogens is 2. The van der Waals surface area contributed by atoms with Gasteiger partial charge < -0.3 is 4.74 Å². The van der Waals surface area contributed by atoms with Gasteiger partial charge in [-0.3, -0.25) is 5.32 Å². The zero-order valence-corrected chi connectivity index (χ0v) is 11.7. The molecule has 0 spiro atoms. The predicted octanol–water partition coefficient (Wildman–Crippen LogP) is 2.74. The van der Waals surface area contributed by atoms with Crippen LogP contribution in [0.4, 0.5) is 8.78 Å². The van der Waals surface area contributed by atoms with E-state index in [1.165, 1.54) is 6.07 Å². The van der Waals surface area contributed by atoms with Crippen molar-refractivity contribution in [2.75, 3.05) is 13.2 Å². The Morgan fingerprint density at radius 2 is 2.15 bits per heavy atom. The third-order valence-electron chi connectivity index (χ3n) is 3.59. The molecule has 0 heterocycles. The van der Waals surface area contributed by atoms with Crippen molar-refractivity contribution in [1.82, 2.24) is 5.32 Å². The van der Waals surface area contributed by atoms with Crippen molar-refractivity contribution in [1.29, 1.82) is 0 Å². The highest BCUT2D eigenvalue weighted by Crippen LogP contribution is 2.31. The molecular formula is C15H19F2NO2. The molecular weight excluding hydrogens is 264 g/mol. The number of nitrogens with one attached hydrogen (secondary N) is 1. The fraction of sp³-hybridized carbons (Fsp3) is 0.533. The molecule has 2 rings (SSSR count). The average molecular weight is 283 g/mol. The van der Waals surface area contributed by atoms with Gasteiger partial charge in [-0.05, 0) is 45.2 Å². The summed E-state index contributed by atoms with van der Waals surface area (Å²) in [6.07, 6.45) is 2.22. The van der Waals surface area contributed by atoms with Gasteiger partial charge in [0.2, 0.25) is 0 Å². The number of rotatable bonds is 6. The van der Waals surface area contributed by atoms with Crippen molar-refractivity contribution in [2.45, 2.75) is 32.2 Å². The van der Waals surface area contributed by atoms with Crippen LogP contribution in [0.3, 0.4) is 0 Å². The first kappa shape index (κ1) is 14.9. The first-order valence-electron chi connectivity index (χ1n) is 6.85. The SMILES string of the molecule is CCOC(=O)C(C)(NCC1CC1)c1ccc(F)cc1F. The van der Waals surface area contributed by atoms with Gasteiger partial charge in [0.1, 0.15) is 17.2 Å². The lowest BCUT2D eigenvalue weighted by Gasteiger charge is -2.29. The highest BCUT2D eigenvalue weighted by molar-refractivity contribution is 5.82. The van der Waals surface area contributed by atoms with Crippen molar-refractivity contribution in [3.63, 3.8) is 0 Å². The Kier molecular flexibility index (Phi) is 4.38. The summed E-state index contributed by atoms with van der Waals surface area (Å²) in [7, 11) is 0. The van der Waals surface area contributed by atoms with Gasteiger partial charge in [0.05, 0.1) is 6.61 Å². The highest BCUT2D eigenvalue weighted by atomic mass is 19.1. The molecule has 1 aliphatic rings. The van der Waals surface area contributed by atoms with Crippen molar-refractivity contribution in [3.8, 4) is 0 Å². The maximum absolute atomic E-state index is 14.0. The topological polar surface area (TPSA) is 38.3 Å². The summed E-state index contributed by atoms with van der Waals surface area (Å²) in [5, 5.41) is 3.08.